The molecule has 0 aliphatic rings. The Balaban J connectivity index is 2.48. The summed E-state index contributed by atoms with van der Waals surface area (Å²) >= 11 is 0. The highest BCUT2D eigenvalue weighted by Crippen LogP contribution is 2.27. The molecule has 0 saturated heterocycles. The van der Waals surface area contributed by atoms with E-state index in [4.69, 9.17) is 5.73 Å². The summed E-state index contributed by atoms with van der Waals surface area (Å²) in [5, 5.41) is 24.3. The monoisotopic (exact) mass is 303 g/mol. The van der Waals surface area contributed by atoms with Crippen molar-refractivity contribution >= 4 is 28.8 Å². The van der Waals surface area contributed by atoms with Crippen LogP contribution in [0.2, 0.25) is 0 Å². The highest BCUT2D eigenvalue weighted by atomic mass is 16.6. The minimum atomic E-state index is -1.03. The highest BCUT2D eigenvalue weighted by Gasteiger charge is 2.23. The van der Waals surface area contributed by atoms with Crippen LogP contribution in [-0.4, -0.2) is 20.7 Å². The van der Waals surface area contributed by atoms with Crippen LogP contribution >= 0.6 is 0 Å². The van der Waals surface area contributed by atoms with Gasteiger partial charge in [0.05, 0.1) is 9.85 Å². The molecule has 10 heteroatoms. The molecule has 2 aromatic rings. The third-order valence-electron chi connectivity index (χ3n) is 2.69. The summed E-state index contributed by atoms with van der Waals surface area (Å²) in [5.74, 6) is -1.19. The maximum Gasteiger partial charge on any atom is 0.287 e. The molecule has 0 saturated carbocycles. The fourth-order valence-corrected chi connectivity index (χ4v) is 1.78. The van der Waals surface area contributed by atoms with Crippen LogP contribution in [0.25, 0.3) is 0 Å². The van der Waals surface area contributed by atoms with Crippen LogP contribution in [0.1, 0.15) is 10.4 Å². The minimum absolute atomic E-state index is 0.151. The average Bonchev–Trinajstić information content (AvgIpc) is 2.46. The van der Waals surface area contributed by atoms with Crippen molar-refractivity contribution in [2.45, 2.75) is 0 Å². The maximum absolute atomic E-state index is 11.4. The number of nitro groups is 2. The Morgan fingerprint density at radius 2 is 1.91 bits per heavy atom. The number of nitrogens with zero attached hydrogens (tertiary/aromatic N) is 3. The van der Waals surface area contributed by atoms with Gasteiger partial charge in [-0.25, -0.2) is 4.98 Å². The number of nitro benzene ring substituents is 1. The van der Waals surface area contributed by atoms with Crippen molar-refractivity contribution in [3.05, 3.63) is 62.3 Å². The van der Waals surface area contributed by atoms with Crippen molar-refractivity contribution in [1.29, 1.82) is 0 Å². The van der Waals surface area contributed by atoms with E-state index >= 15 is 0 Å². The summed E-state index contributed by atoms with van der Waals surface area (Å²) in [6, 6.07) is 6.42. The van der Waals surface area contributed by atoms with Gasteiger partial charge in [0.25, 0.3) is 17.3 Å². The molecule has 1 aromatic carbocycles. The number of aromatic nitrogens is 1. The molecule has 1 aromatic heterocycles. The number of hydrogen-bond acceptors (Lipinski definition) is 7. The van der Waals surface area contributed by atoms with Crippen LogP contribution in [0.5, 0.6) is 0 Å². The smallest absolute Gasteiger partial charge is 0.287 e. The van der Waals surface area contributed by atoms with E-state index in [-0.39, 0.29) is 17.2 Å². The summed E-state index contributed by atoms with van der Waals surface area (Å²) in [6.45, 7) is 0. The molecule has 0 aliphatic heterocycles. The van der Waals surface area contributed by atoms with Crippen LogP contribution < -0.4 is 11.1 Å². The lowest BCUT2D eigenvalue weighted by molar-refractivity contribution is -0.385. The van der Waals surface area contributed by atoms with Crippen LogP contribution in [-0.2, 0) is 0 Å². The molecule has 1 heterocycles. The van der Waals surface area contributed by atoms with E-state index in [2.05, 4.69) is 10.3 Å². The second kappa shape index (κ2) is 5.83. The molecule has 0 radical (unpaired) electrons. The highest BCUT2D eigenvalue weighted by molar-refractivity contribution is 6.02. The Morgan fingerprint density at radius 3 is 2.50 bits per heavy atom. The van der Waals surface area contributed by atoms with Gasteiger partial charge in [-0.1, -0.05) is 6.07 Å². The molecular weight excluding hydrogens is 294 g/mol. The largest absolute Gasteiger partial charge is 0.365 e. The van der Waals surface area contributed by atoms with Gasteiger partial charge in [-0.15, -0.1) is 0 Å². The van der Waals surface area contributed by atoms with Crippen molar-refractivity contribution in [2.24, 2.45) is 5.73 Å². The quantitative estimate of drug-likeness (QED) is 0.629. The van der Waals surface area contributed by atoms with E-state index in [9.17, 15) is 25.0 Å². The zero-order valence-electron chi connectivity index (χ0n) is 10.9. The van der Waals surface area contributed by atoms with Crippen molar-refractivity contribution in [3.63, 3.8) is 0 Å². The Labute approximate surface area is 122 Å². The van der Waals surface area contributed by atoms with Gasteiger partial charge >= 0.3 is 0 Å². The average molecular weight is 303 g/mol. The third-order valence-corrected chi connectivity index (χ3v) is 2.69. The number of carbonyl (C=O) groups excluding carboxylic acids is 1. The molecule has 0 unspecified atom stereocenters. The first-order valence-electron chi connectivity index (χ1n) is 5.85. The summed E-state index contributed by atoms with van der Waals surface area (Å²) in [6.07, 6.45) is 1.13. The van der Waals surface area contributed by atoms with E-state index in [1.165, 1.54) is 24.3 Å². The molecule has 3 N–H and O–H groups in total. The number of carbonyl (C=O) groups is 1. The van der Waals surface area contributed by atoms with Gasteiger partial charge in [-0.2, -0.15) is 0 Å². The van der Waals surface area contributed by atoms with Crippen LogP contribution in [0, 0.1) is 20.2 Å². The zero-order chi connectivity index (χ0) is 16.3. The van der Waals surface area contributed by atoms with E-state index in [0.717, 1.165) is 12.3 Å². The van der Waals surface area contributed by atoms with Gasteiger partial charge in [0.15, 0.2) is 5.56 Å². The molecule has 2 rings (SSSR count). The molecule has 0 aliphatic carbocycles. The molecule has 10 nitrogen and oxygen atoms in total. The van der Waals surface area contributed by atoms with E-state index in [0.29, 0.717) is 0 Å². The first-order chi connectivity index (χ1) is 10.4. The molecule has 0 spiro atoms. The fraction of sp³-hybridized carbons (Fsp3) is 0. The Bertz CT molecular complexity index is 776. The molecular formula is C12H9N5O5. The standard InChI is InChI=1S/C12H9N5O5/c13-11(18)10-9(17(21)22)4-5-14-12(10)15-7-2-1-3-8(6-7)16(19)20/h1-6H,(H2,13,18)(H,14,15). The first-order valence-corrected chi connectivity index (χ1v) is 5.85. The number of anilines is 2. The molecule has 0 bridgehead atoms. The minimum Gasteiger partial charge on any atom is -0.365 e. The van der Waals surface area contributed by atoms with Gasteiger partial charge in [0.2, 0.25) is 0 Å². The van der Waals surface area contributed by atoms with Gasteiger partial charge in [-0.3, -0.25) is 25.0 Å². The van der Waals surface area contributed by atoms with E-state index < -0.39 is 27.0 Å². The van der Waals surface area contributed by atoms with Crippen LogP contribution in [0.3, 0.4) is 0 Å². The molecule has 0 atom stereocenters. The zero-order valence-corrected chi connectivity index (χ0v) is 10.9. The topological polar surface area (TPSA) is 154 Å². The number of primary amides is 1. The lowest BCUT2D eigenvalue weighted by atomic mass is 10.2. The van der Waals surface area contributed by atoms with Gasteiger partial charge < -0.3 is 11.1 Å². The van der Waals surface area contributed by atoms with Gasteiger partial charge in [-0.05, 0) is 6.07 Å². The third kappa shape index (κ3) is 2.95. The molecule has 1 amide bonds. The summed E-state index contributed by atoms with van der Waals surface area (Å²) in [4.78, 5) is 35.6. The normalized spacial score (nSPS) is 10.0. The Hall–Kier alpha value is -3.56. The van der Waals surface area contributed by atoms with E-state index in [1.54, 1.807) is 0 Å². The molecule has 22 heavy (non-hydrogen) atoms. The number of nitrogens with one attached hydrogen (secondary N) is 1. The fourth-order valence-electron chi connectivity index (χ4n) is 1.78. The number of non-ortho nitro benzene ring substituents is 1. The van der Waals surface area contributed by atoms with Crippen molar-refractivity contribution < 1.29 is 14.6 Å². The van der Waals surface area contributed by atoms with Crippen molar-refractivity contribution in [1.82, 2.24) is 4.98 Å². The summed E-state index contributed by atoms with van der Waals surface area (Å²) in [5.41, 5.74) is 4.30. The second-order valence-corrected chi connectivity index (χ2v) is 4.11. The summed E-state index contributed by atoms with van der Waals surface area (Å²) in [7, 11) is 0. The number of amides is 1. The number of pyridine rings is 1. The predicted octanol–water partition coefficient (Wildman–Crippen LogP) is 1.74. The first kappa shape index (κ1) is 14.8. The molecule has 0 fully saturated rings. The van der Waals surface area contributed by atoms with Crippen LogP contribution in [0.15, 0.2) is 36.5 Å². The number of rotatable bonds is 5. The number of benzene rings is 1. The SMILES string of the molecule is NC(=O)c1c([N+](=O)[O-])ccnc1Nc1cccc([N+](=O)[O-])c1. The van der Waals surface area contributed by atoms with Crippen molar-refractivity contribution in [3.8, 4) is 0 Å². The van der Waals surface area contributed by atoms with Gasteiger partial charge in [0, 0.05) is 30.1 Å². The predicted molar refractivity (Wildman–Crippen MR) is 75.8 cm³/mol. The molecule has 112 valence electrons. The second-order valence-electron chi connectivity index (χ2n) is 4.11. The number of nitrogens with two attached hydrogens (primary N) is 1. The van der Waals surface area contributed by atoms with Crippen LogP contribution in [0.4, 0.5) is 22.9 Å². The Morgan fingerprint density at radius 1 is 1.18 bits per heavy atom. The lowest BCUT2D eigenvalue weighted by Gasteiger charge is -2.09. The van der Waals surface area contributed by atoms with Gasteiger partial charge in [0.1, 0.15) is 5.82 Å². The summed E-state index contributed by atoms with van der Waals surface area (Å²) < 4.78 is 0. The van der Waals surface area contributed by atoms with E-state index in [1.807, 2.05) is 0 Å². The van der Waals surface area contributed by atoms with Crippen molar-refractivity contribution in [2.75, 3.05) is 5.32 Å². The maximum atomic E-state index is 11.4. The lowest BCUT2D eigenvalue weighted by Crippen LogP contribution is -2.16. The Kier molecular flexibility index (Phi) is 3.93. The number of hydrogen-bond donors (Lipinski definition) is 2.